The van der Waals surface area contributed by atoms with Crippen molar-refractivity contribution in [1.29, 1.82) is 0 Å². The monoisotopic (exact) mass is 380 g/mol. The molecule has 1 aliphatic heterocycles. The lowest BCUT2D eigenvalue weighted by Gasteiger charge is -2.16. The normalized spacial score (nSPS) is 17.4. The van der Waals surface area contributed by atoms with Gasteiger partial charge in [0.1, 0.15) is 17.5 Å². The van der Waals surface area contributed by atoms with E-state index in [0.29, 0.717) is 0 Å². The first-order valence-electron chi connectivity index (χ1n) is 6.71. The van der Waals surface area contributed by atoms with Gasteiger partial charge in [-0.15, -0.1) is 0 Å². The van der Waals surface area contributed by atoms with Crippen molar-refractivity contribution in [2.24, 2.45) is 0 Å². The Labute approximate surface area is 132 Å². The highest BCUT2D eigenvalue weighted by molar-refractivity contribution is 14.1. The maximum absolute atomic E-state index is 10.6. The van der Waals surface area contributed by atoms with Gasteiger partial charge in [-0.2, -0.15) is 0 Å². The highest BCUT2D eigenvalue weighted by atomic mass is 127. The minimum atomic E-state index is -0.586. The molecule has 1 N–H and O–H groups in total. The standard InChI is InChI=1S/C17H17IO2/c1-17(2)10-12-9-11(7-8-15(12)20-17)16(19)13-5-3-4-6-14(13)18/h3-9,16,19H,10H2,1-2H3. The highest BCUT2D eigenvalue weighted by Gasteiger charge is 2.30. The van der Waals surface area contributed by atoms with E-state index in [1.165, 1.54) is 5.56 Å². The second-order valence-corrected chi connectivity index (χ2v) is 6.99. The maximum Gasteiger partial charge on any atom is 0.123 e. The smallest absolute Gasteiger partial charge is 0.123 e. The zero-order valence-electron chi connectivity index (χ0n) is 11.6. The summed E-state index contributed by atoms with van der Waals surface area (Å²) in [5.74, 6) is 0.939. The summed E-state index contributed by atoms with van der Waals surface area (Å²) in [6, 6.07) is 13.9. The molecule has 0 spiro atoms. The van der Waals surface area contributed by atoms with E-state index >= 15 is 0 Å². The zero-order valence-corrected chi connectivity index (χ0v) is 13.7. The molecule has 3 rings (SSSR count). The van der Waals surface area contributed by atoms with Crippen LogP contribution in [0.25, 0.3) is 0 Å². The number of hydrogen-bond acceptors (Lipinski definition) is 2. The predicted molar refractivity (Wildman–Crippen MR) is 88.1 cm³/mol. The quantitative estimate of drug-likeness (QED) is 0.796. The van der Waals surface area contributed by atoms with Crippen molar-refractivity contribution >= 4 is 22.6 Å². The molecule has 0 amide bonds. The van der Waals surface area contributed by atoms with Crippen LogP contribution in [0, 0.1) is 3.57 Å². The molecule has 3 heteroatoms. The van der Waals surface area contributed by atoms with Gasteiger partial charge in [-0.3, -0.25) is 0 Å². The van der Waals surface area contributed by atoms with Crippen LogP contribution in [-0.4, -0.2) is 10.7 Å². The lowest BCUT2D eigenvalue weighted by Crippen LogP contribution is -2.24. The Balaban J connectivity index is 1.95. The molecule has 0 saturated heterocycles. The molecule has 2 aromatic rings. The summed E-state index contributed by atoms with van der Waals surface area (Å²) in [6.07, 6.45) is 0.298. The van der Waals surface area contributed by atoms with Crippen molar-refractivity contribution in [3.8, 4) is 5.75 Å². The Morgan fingerprint density at radius 3 is 2.70 bits per heavy atom. The molecule has 0 aromatic heterocycles. The van der Waals surface area contributed by atoms with Gasteiger partial charge in [-0.1, -0.05) is 24.3 Å². The van der Waals surface area contributed by atoms with Gasteiger partial charge in [-0.05, 0) is 71.3 Å². The van der Waals surface area contributed by atoms with Crippen LogP contribution in [-0.2, 0) is 6.42 Å². The summed E-state index contributed by atoms with van der Waals surface area (Å²) in [6.45, 7) is 4.17. The van der Waals surface area contributed by atoms with Gasteiger partial charge in [0, 0.05) is 9.99 Å². The van der Waals surface area contributed by atoms with Gasteiger partial charge in [0.2, 0.25) is 0 Å². The molecular formula is C17H17IO2. The lowest BCUT2D eigenvalue weighted by molar-refractivity contribution is 0.138. The molecule has 1 unspecified atom stereocenters. The van der Waals surface area contributed by atoms with Crippen molar-refractivity contribution in [1.82, 2.24) is 0 Å². The number of benzene rings is 2. The molecule has 0 radical (unpaired) electrons. The molecule has 1 atom stereocenters. The molecule has 2 nitrogen and oxygen atoms in total. The fraction of sp³-hybridized carbons (Fsp3) is 0.294. The van der Waals surface area contributed by atoms with Crippen LogP contribution in [0.4, 0.5) is 0 Å². The number of ether oxygens (including phenoxy) is 1. The first-order valence-corrected chi connectivity index (χ1v) is 7.78. The van der Waals surface area contributed by atoms with Crippen molar-refractivity contribution < 1.29 is 9.84 Å². The van der Waals surface area contributed by atoms with Gasteiger partial charge in [-0.25, -0.2) is 0 Å². The number of hydrogen-bond donors (Lipinski definition) is 1. The second kappa shape index (κ2) is 5.04. The van der Waals surface area contributed by atoms with Crippen molar-refractivity contribution in [3.63, 3.8) is 0 Å². The third-order valence-electron chi connectivity index (χ3n) is 3.60. The molecule has 0 saturated carbocycles. The summed E-state index contributed by atoms with van der Waals surface area (Å²) in [5, 5.41) is 10.6. The van der Waals surface area contributed by atoms with E-state index in [1.807, 2.05) is 36.4 Å². The third-order valence-corrected chi connectivity index (χ3v) is 4.58. The van der Waals surface area contributed by atoms with Crippen LogP contribution in [0.1, 0.15) is 36.6 Å². The number of aliphatic hydroxyl groups is 1. The largest absolute Gasteiger partial charge is 0.487 e. The van der Waals surface area contributed by atoms with E-state index in [-0.39, 0.29) is 5.60 Å². The van der Waals surface area contributed by atoms with Gasteiger partial charge < -0.3 is 9.84 Å². The molecule has 104 valence electrons. The van der Waals surface area contributed by atoms with E-state index in [1.54, 1.807) is 0 Å². The SMILES string of the molecule is CC1(C)Cc2cc(C(O)c3ccccc3I)ccc2O1. The zero-order chi connectivity index (χ0) is 14.3. The first-order chi connectivity index (χ1) is 9.46. The van der Waals surface area contributed by atoms with Gasteiger partial charge in [0.15, 0.2) is 0 Å². The Morgan fingerprint density at radius 2 is 1.95 bits per heavy atom. The van der Waals surface area contributed by atoms with E-state index in [2.05, 4.69) is 42.5 Å². The van der Waals surface area contributed by atoms with Crippen molar-refractivity contribution in [2.75, 3.05) is 0 Å². The minimum absolute atomic E-state index is 0.146. The predicted octanol–water partition coefficient (Wildman–Crippen LogP) is 4.09. The van der Waals surface area contributed by atoms with E-state index in [0.717, 1.165) is 26.9 Å². The topological polar surface area (TPSA) is 29.5 Å². The molecule has 0 fully saturated rings. The van der Waals surface area contributed by atoms with E-state index < -0.39 is 6.10 Å². The van der Waals surface area contributed by atoms with Crippen molar-refractivity contribution in [2.45, 2.75) is 32.0 Å². The molecule has 20 heavy (non-hydrogen) atoms. The van der Waals surface area contributed by atoms with Crippen LogP contribution in [0.3, 0.4) is 0 Å². The van der Waals surface area contributed by atoms with Gasteiger partial charge in [0.25, 0.3) is 0 Å². The summed E-state index contributed by atoms with van der Waals surface area (Å²) in [5.41, 5.74) is 2.91. The van der Waals surface area contributed by atoms with Crippen LogP contribution in [0.2, 0.25) is 0 Å². The van der Waals surface area contributed by atoms with Crippen LogP contribution >= 0.6 is 22.6 Å². The second-order valence-electron chi connectivity index (χ2n) is 5.83. The Bertz CT molecular complexity index is 649. The summed E-state index contributed by atoms with van der Waals surface area (Å²) < 4.78 is 6.95. The van der Waals surface area contributed by atoms with E-state index in [4.69, 9.17) is 4.74 Å². The lowest BCUT2D eigenvalue weighted by atomic mass is 9.96. The highest BCUT2D eigenvalue weighted by Crippen LogP contribution is 2.37. The maximum atomic E-state index is 10.6. The average molecular weight is 380 g/mol. The molecular weight excluding hydrogens is 363 g/mol. The van der Waals surface area contributed by atoms with Crippen LogP contribution < -0.4 is 4.74 Å². The molecule has 0 aliphatic carbocycles. The molecule has 1 heterocycles. The molecule has 2 aromatic carbocycles. The van der Waals surface area contributed by atoms with E-state index in [9.17, 15) is 5.11 Å². The van der Waals surface area contributed by atoms with Gasteiger partial charge >= 0.3 is 0 Å². The molecule has 0 bridgehead atoms. The summed E-state index contributed by atoms with van der Waals surface area (Å²) >= 11 is 2.26. The van der Waals surface area contributed by atoms with Gasteiger partial charge in [0.05, 0.1) is 0 Å². The summed E-state index contributed by atoms with van der Waals surface area (Å²) in [4.78, 5) is 0. The number of aliphatic hydroxyl groups excluding tert-OH is 1. The average Bonchev–Trinajstić information content (AvgIpc) is 2.71. The number of halogens is 1. The van der Waals surface area contributed by atoms with Crippen LogP contribution in [0.15, 0.2) is 42.5 Å². The number of rotatable bonds is 2. The van der Waals surface area contributed by atoms with Crippen LogP contribution in [0.5, 0.6) is 5.75 Å². The van der Waals surface area contributed by atoms with Crippen molar-refractivity contribution in [3.05, 3.63) is 62.7 Å². The third kappa shape index (κ3) is 2.56. The first kappa shape index (κ1) is 13.9. The Kier molecular flexibility index (Phi) is 3.50. The number of fused-ring (bicyclic) bond motifs is 1. The fourth-order valence-corrected chi connectivity index (χ4v) is 3.36. The fourth-order valence-electron chi connectivity index (χ4n) is 2.68. The summed E-state index contributed by atoms with van der Waals surface area (Å²) in [7, 11) is 0. The Hall–Kier alpha value is -1.07. The molecule has 1 aliphatic rings. The minimum Gasteiger partial charge on any atom is -0.487 e. The Morgan fingerprint density at radius 1 is 1.20 bits per heavy atom.